The Bertz CT molecular complexity index is 607. The van der Waals surface area contributed by atoms with Crippen LogP contribution in [0.5, 0.6) is 0 Å². The van der Waals surface area contributed by atoms with Gasteiger partial charge < -0.3 is 61.4 Å². The molecule has 14 heteroatoms. The Balaban J connectivity index is 5.03. The van der Waals surface area contributed by atoms with Crippen molar-refractivity contribution in [2.75, 3.05) is 85.9 Å². The Labute approximate surface area is 260 Å². The second-order valence-electron chi connectivity index (χ2n) is 10.6. The third-order valence-electron chi connectivity index (χ3n) is 5.52. The van der Waals surface area contributed by atoms with Gasteiger partial charge in [-0.2, -0.15) is 0 Å². The lowest BCUT2D eigenvalue weighted by Gasteiger charge is -2.32. The van der Waals surface area contributed by atoms with E-state index in [1.165, 1.54) is 0 Å². The van der Waals surface area contributed by atoms with Gasteiger partial charge in [-0.05, 0) is 67.7 Å². The van der Waals surface area contributed by atoms with Gasteiger partial charge in [0.25, 0.3) is 0 Å². The first-order valence-electron chi connectivity index (χ1n) is 15.7. The predicted molar refractivity (Wildman–Crippen MR) is 163 cm³/mol. The van der Waals surface area contributed by atoms with Crippen molar-refractivity contribution in [3.63, 3.8) is 0 Å². The third kappa shape index (κ3) is 25.6. The van der Waals surface area contributed by atoms with E-state index in [0.29, 0.717) is 72.1 Å². The van der Waals surface area contributed by atoms with Gasteiger partial charge in [-0.1, -0.05) is 0 Å². The molecule has 260 valence electrons. The normalized spacial score (nSPS) is 17.7. The number of rotatable bonds is 32. The molecule has 7 atom stereocenters. The number of hydrogen-bond acceptors (Lipinski definition) is 13. The molecule has 0 aromatic carbocycles. The van der Waals surface area contributed by atoms with Crippen molar-refractivity contribution in [3.05, 3.63) is 0 Å². The van der Waals surface area contributed by atoms with Gasteiger partial charge in [0.05, 0.1) is 76.3 Å². The summed E-state index contributed by atoms with van der Waals surface area (Å²) in [6, 6.07) is 0. The fraction of sp³-hybridized carbons (Fsp3) is 1.00. The van der Waals surface area contributed by atoms with Crippen molar-refractivity contribution in [3.8, 4) is 0 Å². The second kappa shape index (κ2) is 28.0. The van der Waals surface area contributed by atoms with Crippen LogP contribution >= 0.6 is 0 Å². The predicted octanol–water partition coefficient (Wildman–Crippen LogP) is 2.09. The van der Waals surface area contributed by atoms with Crippen LogP contribution < -0.4 is 0 Å². The minimum Gasteiger partial charge on any atom is -0.396 e. The molecule has 0 saturated carbocycles. The van der Waals surface area contributed by atoms with E-state index in [1.54, 1.807) is 6.92 Å². The summed E-state index contributed by atoms with van der Waals surface area (Å²) in [4.78, 5) is 0. The lowest BCUT2D eigenvalue weighted by molar-refractivity contribution is -0.107. The molecule has 0 saturated heterocycles. The molecular weight excluding hydrogens is 584 g/mol. The lowest BCUT2D eigenvalue weighted by Crippen LogP contribution is -2.53. The molecule has 0 aliphatic rings. The van der Waals surface area contributed by atoms with Crippen LogP contribution in [0.15, 0.2) is 0 Å². The van der Waals surface area contributed by atoms with E-state index in [-0.39, 0.29) is 57.5 Å². The van der Waals surface area contributed by atoms with Crippen LogP contribution in [0.2, 0.25) is 0 Å². The number of ether oxygens (including phenoxy) is 6. The monoisotopic (exact) mass is 646 g/mol. The van der Waals surface area contributed by atoms with Gasteiger partial charge >= 0.3 is 9.05 Å². The average molecular weight is 647 g/mol. The molecule has 0 aromatic heterocycles. The van der Waals surface area contributed by atoms with Gasteiger partial charge in [0.1, 0.15) is 0 Å². The first-order chi connectivity index (χ1) is 20.6. The van der Waals surface area contributed by atoms with Crippen molar-refractivity contribution < 1.29 is 61.4 Å². The summed E-state index contributed by atoms with van der Waals surface area (Å²) in [5, 5.41) is 27.1. The van der Waals surface area contributed by atoms with Crippen LogP contribution in [-0.4, -0.2) is 147 Å². The topological polar surface area (TPSA) is 153 Å². The molecule has 43 heavy (non-hydrogen) atoms. The summed E-state index contributed by atoms with van der Waals surface area (Å²) in [5.74, 6) is 0. The molecule has 0 aliphatic carbocycles. The van der Waals surface area contributed by atoms with Crippen molar-refractivity contribution >= 4 is 9.05 Å². The van der Waals surface area contributed by atoms with Gasteiger partial charge in [-0.3, -0.25) is 0 Å². The molecule has 0 bridgehead atoms. The van der Waals surface area contributed by atoms with Gasteiger partial charge in [0, 0.05) is 46.2 Å². The Hall–Kier alpha value is -0.303. The SMILES string of the molecule is CCO[Si](OCCCOC(C)COCCCO)(OCC(C)OC(C)COCCCO)OC(C)COC(C)COCC(C)O. The number of aliphatic hydroxyl groups is 3. The first-order valence-corrected chi connectivity index (χ1v) is 17.3. The minimum absolute atomic E-state index is 0.0866. The zero-order valence-electron chi connectivity index (χ0n) is 27.7. The first kappa shape index (κ1) is 42.7. The quantitative estimate of drug-likeness (QED) is 0.0723. The number of aliphatic hydroxyl groups excluding tert-OH is 3. The lowest BCUT2D eigenvalue weighted by atomic mass is 10.4. The largest absolute Gasteiger partial charge is 0.680 e. The van der Waals surface area contributed by atoms with Gasteiger partial charge in [-0.15, -0.1) is 0 Å². The minimum atomic E-state index is -3.62. The Kier molecular flexibility index (Phi) is 27.8. The molecule has 0 spiro atoms. The smallest absolute Gasteiger partial charge is 0.396 e. The average Bonchev–Trinajstić information content (AvgIpc) is 2.95. The molecule has 0 rings (SSSR count). The molecule has 0 heterocycles. The van der Waals surface area contributed by atoms with Crippen LogP contribution in [0.4, 0.5) is 0 Å². The summed E-state index contributed by atoms with van der Waals surface area (Å²) < 4.78 is 58.9. The van der Waals surface area contributed by atoms with Gasteiger partial charge in [0.15, 0.2) is 0 Å². The van der Waals surface area contributed by atoms with Crippen molar-refractivity contribution in [2.45, 2.75) is 104 Å². The maximum atomic E-state index is 9.37. The fourth-order valence-electron chi connectivity index (χ4n) is 3.55. The second-order valence-corrected chi connectivity index (χ2v) is 12.7. The van der Waals surface area contributed by atoms with E-state index in [4.69, 9.17) is 56.3 Å². The van der Waals surface area contributed by atoms with E-state index in [9.17, 15) is 5.11 Å². The van der Waals surface area contributed by atoms with Crippen molar-refractivity contribution in [1.82, 2.24) is 0 Å². The zero-order valence-corrected chi connectivity index (χ0v) is 28.7. The Morgan fingerprint density at radius 3 is 1.72 bits per heavy atom. The summed E-state index contributed by atoms with van der Waals surface area (Å²) in [6.07, 6.45) is 0.0980. The summed E-state index contributed by atoms with van der Waals surface area (Å²) in [6.45, 7) is 17.2. The van der Waals surface area contributed by atoms with Crippen LogP contribution in [-0.2, 0) is 46.1 Å². The highest BCUT2D eigenvalue weighted by Crippen LogP contribution is 2.18. The highest BCUT2D eigenvalue weighted by molar-refractivity contribution is 6.53. The summed E-state index contributed by atoms with van der Waals surface area (Å²) in [7, 11) is -3.62. The highest BCUT2D eigenvalue weighted by Gasteiger charge is 2.47. The molecule has 0 amide bonds. The van der Waals surface area contributed by atoms with Gasteiger partial charge in [-0.25, -0.2) is 0 Å². The van der Waals surface area contributed by atoms with E-state index in [0.717, 1.165) is 0 Å². The number of hydrogen-bond donors (Lipinski definition) is 3. The molecular formula is C29H62O13Si. The zero-order chi connectivity index (χ0) is 32.3. The van der Waals surface area contributed by atoms with E-state index in [2.05, 4.69) is 0 Å². The van der Waals surface area contributed by atoms with Crippen LogP contribution in [0.3, 0.4) is 0 Å². The molecule has 0 aliphatic heterocycles. The molecule has 13 nitrogen and oxygen atoms in total. The van der Waals surface area contributed by atoms with Gasteiger partial charge in [0.2, 0.25) is 0 Å². The summed E-state index contributed by atoms with van der Waals surface area (Å²) >= 11 is 0. The molecule has 0 aromatic rings. The fourth-order valence-corrected chi connectivity index (χ4v) is 5.75. The van der Waals surface area contributed by atoms with Crippen molar-refractivity contribution in [2.24, 2.45) is 0 Å². The molecule has 3 N–H and O–H groups in total. The van der Waals surface area contributed by atoms with Crippen molar-refractivity contribution in [1.29, 1.82) is 0 Å². The van der Waals surface area contributed by atoms with Crippen LogP contribution in [0.1, 0.15) is 67.7 Å². The molecule has 0 fully saturated rings. The van der Waals surface area contributed by atoms with Crippen LogP contribution in [0.25, 0.3) is 0 Å². The molecule has 7 unspecified atom stereocenters. The standard InChI is InChI=1S/C29H62O13Si/c1-8-38-43(39-17-11-16-36-25(3)19-33-14-9-12-30,40-23-28(6)41-27(5)21-34-15-10-13-31)42-29(7)22-37-26(4)20-35-18-24(2)32/h24-32H,8-23H2,1-7H3. The van der Waals surface area contributed by atoms with E-state index < -0.39 is 21.3 Å². The van der Waals surface area contributed by atoms with Crippen LogP contribution in [0, 0.1) is 0 Å². The maximum Gasteiger partial charge on any atom is 0.680 e. The van der Waals surface area contributed by atoms with E-state index >= 15 is 0 Å². The Morgan fingerprint density at radius 1 is 0.535 bits per heavy atom. The Morgan fingerprint density at radius 2 is 1.12 bits per heavy atom. The third-order valence-corrected chi connectivity index (χ3v) is 7.93. The highest BCUT2D eigenvalue weighted by atomic mass is 28.4. The summed E-state index contributed by atoms with van der Waals surface area (Å²) in [5.41, 5.74) is 0. The maximum absolute atomic E-state index is 9.37. The van der Waals surface area contributed by atoms with E-state index in [1.807, 2.05) is 41.5 Å². The molecule has 0 radical (unpaired) electrons.